The second-order valence-electron chi connectivity index (χ2n) is 23.4. The summed E-state index contributed by atoms with van der Waals surface area (Å²) in [7, 11) is 1.45. The Morgan fingerprint density at radius 2 is 0.628 bits per heavy atom. The Balaban J connectivity index is 4.15. The van der Waals surface area contributed by atoms with Gasteiger partial charge in [-0.1, -0.05) is 281 Å². The lowest BCUT2D eigenvalue weighted by Crippen LogP contribution is -2.37. The molecule has 0 spiro atoms. The number of hydrogen-bond donors (Lipinski definition) is 1. The van der Waals surface area contributed by atoms with Crippen molar-refractivity contribution in [2.45, 2.75) is 264 Å². The summed E-state index contributed by atoms with van der Waals surface area (Å²) in [6, 6.07) is 0. The highest BCUT2D eigenvalue weighted by Crippen LogP contribution is 2.43. The van der Waals surface area contributed by atoms with Gasteiger partial charge in [0.05, 0.1) is 27.7 Å². The third-order valence-electron chi connectivity index (χ3n) is 14.1. The lowest BCUT2D eigenvalue weighted by atomic mass is 10.0. The second kappa shape index (κ2) is 65.1. The zero-order chi connectivity index (χ0) is 62.6. The third kappa shape index (κ3) is 68.7. The van der Waals surface area contributed by atoms with Crippen molar-refractivity contribution >= 4 is 19.8 Å². The molecule has 0 heterocycles. The average Bonchev–Trinajstić information content (AvgIpc) is 3.56. The van der Waals surface area contributed by atoms with E-state index < -0.39 is 26.5 Å². The van der Waals surface area contributed by atoms with Gasteiger partial charge in [-0.15, -0.1) is 0 Å². The number of esters is 2. The van der Waals surface area contributed by atoms with Gasteiger partial charge in [0.25, 0.3) is 0 Å². The predicted molar refractivity (Wildman–Crippen MR) is 371 cm³/mol. The number of rotatable bonds is 61. The summed E-state index contributed by atoms with van der Waals surface area (Å²) in [5, 5.41) is 0. The van der Waals surface area contributed by atoms with Gasteiger partial charge in [-0.25, -0.2) is 4.57 Å². The number of carbonyl (C=O) groups is 2. The maximum atomic E-state index is 12.9. The van der Waals surface area contributed by atoms with E-state index in [1.165, 1.54) is 96.3 Å². The van der Waals surface area contributed by atoms with Crippen molar-refractivity contribution in [3.63, 3.8) is 0 Å². The zero-order valence-electron chi connectivity index (χ0n) is 55.5. The molecule has 10 heteroatoms. The molecule has 0 aliphatic carbocycles. The molecule has 0 aromatic heterocycles. The molecule has 0 rings (SSSR count). The monoisotopic (exact) mass is 1210 g/mol. The maximum absolute atomic E-state index is 12.9. The Bertz CT molecular complexity index is 2010. The highest BCUT2D eigenvalue weighted by molar-refractivity contribution is 7.47. The Morgan fingerprint density at radius 1 is 0.360 bits per heavy atom. The van der Waals surface area contributed by atoms with E-state index in [9.17, 15) is 19.0 Å². The van der Waals surface area contributed by atoms with Gasteiger partial charge in [0.1, 0.15) is 19.8 Å². The molecule has 1 N–H and O–H groups in total. The molecular formula is C76H127NO8P+. The van der Waals surface area contributed by atoms with Crippen molar-refractivity contribution in [2.75, 3.05) is 47.5 Å². The number of quaternary nitrogens is 1. The lowest BCUT2D eigenvalue weighted by molar-refractivity contribution is -0.870. The van der Waals surface area contributed by atoms with Gasteiger partial charge < -0.3 is 18.9 Å². The van der Waals surface area contributed by atoms with Crippen LogP contribution in [0.5, 0.6) is 0 Å². The highest BCUT2D eigenvalue weighted by Gasteiger charge is 2.27. The van der Waals surface area contributed by atoms with Gasteiger partial charge in [-0.05, 0) is 122 Å². The SMILES string of the molecule is CC/C=C\C/C=C\C/C=C\C/C=C\C/C=C\C/C=C\C/C=C\C/C=C\C/C=C\CCCCCCCCCC(=O)OC(COC(=O)CCCCCCCCCCCCCCCC/C=C\C/C=C\C/C=C\C/C=C\CC)COP(=O)(O)OCC[N+](C)(C)C. The minimum Gasteiger partial charge on any atom is -0.462 e. The molecule has 0 aromatic carbocycles. The summed E-state index contributed by atoms with van der Waals surface area (Å²) in [6.45, 7) is 4.19. The fourth-order valence-corrected chi connectivity index (χ4v) is 9.62. The van der Waals surface area contributed by atoms with Crippen molar-refractivity contribution < 1.29 is 42.1 Å². The number of likely N-dealkylation sites (N-methyl/N-ethyl adjacent to an activating group) is 1. The summed E-state index contributed by atoms with van der Waals surface area (Å²) in [4.78, 5) is 35.9. The summed E-state index contributed by atoms with van der Waals surface area (Å²) < 4.78 is 34.7. The number of unbranched alkanes of at least 4 members (excludes halogenated alkanes) is 21. The van der Waals surface area contributed by atoms with E-state index in [1.54, 1.807) is 0 Å². The lowest BCUT2D eigenvalue weighted by Gasteiger charge is -2.24. The van der Waals surface area contributed by atoms with Crippen LogP contribution < -0.4 is 0 Å². The fraction of sp³-hybridized carbons (Fsp3) is 0.632. The standard InChI is InChI=1S/C76H126NO8P/c1-6-8-10-12-14-16-18-20-22-24-26-28-30-32-34-35-36-37-38-39-40-41-43-45-47-49-51-53-55-57-59-61-63-65-67-69-76(79)85-74(73-84-86(80,81)83-71-70-77(3,4)5)72-82-75(78)68-66-64-62-60-58-56-54-52-50-48-46-44-42-33-31-29-27-25-23-21-19-17-15-13-11-9-7-2/h8-11,14-17,20-23,26-29,32,34,36-37,39-40,43,45,49,51,74H,6-7,12-13,18-19,24-25,30-31,33,35,38,41-42,44,46-48,50,52-73H2,1-5H3/p+1/b10-8-,11-9-,16-14-,17-15-,22-20-,23-21-,28-26-,29-27-,34-32-,37-36-,40-39-,45-43-,51-49-. The molecule has 0 aliphatic rings. The number of phosphoric acid groups is 1. The van der Waals surface area contributed by atoms with Crippen molar-refractivity contribution in [2.24, 2.45) is 0 Å². The molecule has 2 unspecified atom stereocenters. The van der Waals surface area contributed by atoms with Crippen molar-refractivity contribution in [3.8, 4) is 0 Å². The van der Waals surface area contributed by atoms with Crippen LogP contribution in [0.2, 0.25) is 0 Å². The summed E-state index contributed by atoms with van der Waals surface area (Å²) in [5.41, 5.74) is 0. The van der Waals surface area contributed by atoms with Crippen LogP contribution in [-0.2, 0) is 32.7 Å². The smallest absolute Gasteiger partial charge is 0.462 e. The van der Waals surface area contributed by atoms with E-state index in [0.717, 1.165) is 128 Å². The molecule has 0 aliphatic heterocycles. The second-order valence-corrected chi connectivity index (χ2v) is 24.9. The molecule has 9 nitrogen and oxygen atoms in total. The highest BCUT2D eigenvalue weighted by atomic mass is 31.2. The number of carbonyl (C=O) groups excluding carboxylic acids is 2. The van der Waals surface area contributed by atoms with Crippen LogP contribution >= 0.6 is 7.82 Å². The molecule has 0 fully saturated rings. The number of allylic oxidation sites excluding steroid dienone is 26. The van der Waals surface area contributed by atoms with Gasteiger partial charge in [-0.2, -0.15) is 0 Å². The fourth-order valence-electron chi connectivity index (χ4n) is 8.88. The van der Waals surface area contributed by atoms with Crippen molar-refractivity contribution in [1.82, 2.24) is 0 Å². The van der Waals surface area contributed by atoms with E-state index in [1.807, 2.05) is 21.1 Å². The average molecular weight is 1210 g/mol. The van der Waals surface area contributed by atoms with Gasteiger partial charge in [0, 0.05) is 12.8 Å². The van der Waals surface area contributed by atoms with Crippen LogP contribution in [0.25, 0.3) is 0 Å². The number of nitrogens with zero attached hydrogens (tertiary/aromatic N) is 1. The first-order valence-electron chi connectivity index (χ1n) is 34.2. The maximum Gasteiger partial charge on any atom is 0.472 e. The molecule has 0 bridgehead atoms. The molecule has 86 heavy (non-hydrogen) atoms. The molecular weight excluding hydrogens is 1090 g/mol. The quantitative estimate of drug-likeness (QED) is 0.0211. The van der Waals surface area contributed by atoms with Crippen LogP contribution in [0.1, 0.15) is 258 Å². The van der Waals surface area contributed by atoms with E-state index >= 15 is 0 Å². The molecule has 0 saturated heterocycles. The number of hydrogen-bond acceptors (Lipinski definition) is 7. The van der Waals surface area contributed by atoms with Crippen LogP contribution in [0.15, 0.2) is 158 Å². The van der Waals surface area contributed by atoms with Gasteiger partial charge >= 0.3 is 19.8 Å². The molecule has 0 amide bonds. The molecule has 488 valence electrons. The summed E-state index contributed by atoms with van der Waals surface area (Å²) >= 11 is 0. The molecule has 0 saturated carbocycles. The molecule has 2 atom stereocenters. The predicted octanol–water partition coefficient (Wildman–Crippen LogP) is 22.4. The Kier molecular flexibility index (Phi) is 61.8. The topological polar surface area (TPSA) is 108 Å². The van der Waals surface area contributed by atoms with Gasteiger partial charge in [-0.3, -0.25) is 18.6 Å². The van der Waals surface area contributed by atoms with E-state index in [2.05, 4.69) is 172 Å². The Labute approximate surface area is 528 Å². The van der Waals surface area contributed by atoms with E-state index in [4.69, 9.17) is 18.5 Å². The van der Waals surface area contributed by atoms with E-state index in [-0.39, 0.29) is 32.0 Å². The van der Waals surface area contributed by atoms with Gasteiger partial charge in [0.15, 0.2) is 6.10 Å². The Morgan fingerprint density at radius 3 is 0.930 bits per heavy atom. The summed E-state index contributed by atoms with van der Waals surface area (Å²) in [5.74, 6) is -0.817. The van der Waals surface area contributed by atoms with Crippen LogP contribution in [0.3, 0.4) is 0 Å². The first-order valence-corrected chi connectivity index (χ1v) is 35.7. The summed E-state index contributed by atoms with van der Waals surface area (Å²) in [6.07, 6.45) is 97.6. The third-order valence-corrected chi connectivity index (χ3v) is 15.0. The van der Waals surface area contributed by atoms with Gasteiger partial charge in [0.2, 0.25) is 0 Å². The zero-order valence-corrected chi connectivity index (χ0v) is 56.4. The minimum absolute atomic E-state index is 0.0215. The number of phosphoric ester groups is 1. The largest absolute Gasteiger partial charge is 0.472 e. The Hall–Kier alpha value is -4.37. The van der Waals surface area contributed by atoms with Crippen molar-refractivity contribution in [3.05, 3.63) is 158 Å². The molecule has 0 aromatic rings. The van der Waals surface area contributed by atoms with E-state index in [0.29, 0.717) is 17.4 Å². The van der Waals surface area contributed by atoms with Crippen LogP contribution in [0.4, 0.5) is 0 Å². The minimum atomic E-state index is -4.41. The number of ether oxygens (including phenoxy) is 2. The van der Waals surface area contributed by atoms with Crippen LogP contribution in [0, 0.1) is 0 Å². The van der Waals surface area contributed by atoms with Crippen molar-refractivity contribution in [1.29, 1.82) is 0 Å². The first kappa shape index (κ1) is 81.6. The first-order chi connectivity index (χ1) is 42.0. The normalized spacial score (nSPS) is 14.2. The molecule has 0 radical (unpaired) electrons. The van der Waals surface area contributed by atoms with Crippen LogP contribution in [-0.4, -0.2) is 74.9 Å².